The highest BCUT2D eigenvalue weighted by atomic mass is 16.5. The summed E-state index contributed by atoms with van der Waals surface area (Å²) in [6, 6.07) is 10.9. The minimum atomic E-state index is 0.251. The van der Waals surface area contributed by atoms with Gasteiger partial charge in [-0.05, 0) is 25.3 Å². The van der Waals surface area contributed by atoms with Gasteiger partial charge in [0.2, 0.25) is 0 Å². The summed E-state index contributed by atoms with van der Waals surface area (Å²) in [6.45, 7) is 8.14. The Bertz CT molecular complexity index is 344. The molecule has 1 unspecified atom stereocenters. The average molecular weight is 261 g/mol. The van der Waals surface area contributed by atoms with E-state index in [-0.39, 0.29) is 6.10 Å². The fourth-order valence-corrected chi connectivity index (χ4v) is 1.94. The number of hydrogen-bond acceptors (Lipinski definition) is 2. The van der Waals surface area contributed by atoms with Gasteiger partial charge in [-0.2, -0.15) is 0 Å². The maximum atomic E-state index is 5.75. The minimum Gasteiger partial charge on any atom is -0.373 e. The Morgan fingerprint density at radius 3 is 2.47 bits per heavy atom. The zero-order valence-electron chi connectivity index (χ0n) is 12.4. The monoisotopic (exact) mass is 261 g/mol. The second-order valence-electron chi connectivity index (χ2n) is 4.88. The molecule has 0 saturated heterocycles. The molecule has 1 atom stereocenters. The Hall–Kier alpha value is -1.12. The predicted molar refractivity (Wildman–Crippen MR) is 83.3 cm³/mol. The zero-order valence-corrected chi connectivity index (χ0v) is 12.4. The van der Waals surface area contributed by atoms with Crippen molar-refractivity contribution in [3.8, 4) is 0 Å². The van der Waals surface area contributed by atoms with Gasteiger partial charge in [0.05, 0.1) is 12.7 Å². The van der Waals surface area contributed by atoms with E-state index in [0.717, 1.165) is 6.54 Å². The number of hydrogen-bond donors (Lipinski definition) is 1. The van der Waals surface area contributed by atoms with Gasteiger partial charge in [-0.15, -0.1) is 0 Å². The van der Waals surface area contributed by atoms with E-state index in [1.807, 2.05) is 18.2 Å². The van der Waals surface area contributed by atoms with E-state index >= 15 is 0 Å². The second kappa shape index (κ2) is 9.76. The van der Waals surface area contributed by atoms with Crippen molar-refractivity contribution in [2.75, 3.05) is 13.2 Å². The summed E-state index contributed by atoms with van der Waals surface area (Å²) in [6.07, 6.45) is 6.78. The van der Waals surface area contributed by atoms with Crippen molar-refractivity contribution in [1.82, 2.24) is 5.32 Å². The summed E-state index contributed by atoms with van der Waals surface area (Å²) in [5.74, 6) is 0. The lowest BCUT2D eigenvalue weighted by molar-refractivity contribution is 0.0854. The first-order chi connectivity index (χ1) is 9.26. The molecule has 0 saturated carbocycles. The molecule has 1 N–H and O–H groups in total. The van der Waals surface area contributed by atoms with E-state index in [1.165, 1.54) is 18.4 Å². The molecule has 0 fully saturated rings. The molecule has 0 amide bonds. The fourth-order valence-electron chi connectivity index (χ4n) is 1.94. The van der Waals surface area contributed by atoms with Crippen molar-refractivity contribution < 1.29 is 4.74 Å². The van der Waals surface area contributed by atoms with E-state index in [4.69, 9.17) is 4.74 Å². The van der Waals surface area contributed by atoms with Crippen LogP contribution in [0.4, 0.5) is 0 Å². The lowest BCUT2D eigenvalue weighted by Gasteiger charge is -2.18. The van der Waals surface area contributed by atoms with Crippen LogP contribution in [0.1, 0.15) is 39.2 Å². The minimum absolute atomic E-state index is 0.251. The Labute approximate surface area is 117 Å². The van der Waals surface area contributed by atoms with E-state index in [1.54, 1.807) is 0 Å². The van der Waals surface area contributed by atoms with Crippen LogP contribution in [0, 0.1) is 0 Å². The molecule has 19 heavy (non-hydrogen) atoms. The lowest BCUT2D eigenvalue weighted by Crippen LogP contribution is -2.34. The Morgan fingerprint density at radius 1 is 1.16 bits per heavy atom. The smallest absolute Gasteiger partial charge is 0.0675 e. The number of benzene rings is 1. The molecule has 0 aromatic heterocycles. The Morgan fingerprint density at radius 2 is 1.84 bits per heavy atom. The molecule has 2 nitrogen and oxygen atoms in total. The molecule has 1 aromatic carbocycles. The molecule has 0 bridgehead atoms. The van der Waals surface area contributed by atoms with Crippen LogP contribution in [-0.4, -0.2) is 25.3 Å². The van der Waals surface area contributed by atoms with Crippen LogP contribution < -0.4 is 5.32 Å². The van der Waals surface area contributed by atoms with Crippen LogP contribution in [-0.2, 0) is 4.74 Å². The summed E-state index contributed by atoms with van der Waals surface area (Å²) < 4.78 is 5.75. The highest BCUT2D eigenvalue weighted by Crippen LogP contribution is 2.01. The van der Waals surface area contributed by atoms with Gasteiger partial charge in [-0.1, -0.05) is 56.3 Å². The number of nitrogens with one attached hydrogen (secondary N) is 1. The van der Waals surface area contributed by atoms with Crippen LogP contribution in [0.5, 0.6) is 0 Å². The molecule has 0 radical (unpaired) electrons. The van der Waals surface area contributed by atoms with Crippen molar-refractivity contribution in [2.24, 2.45) is 0 Å². The molecule has 1 aromatic rings. The maximum absolute atomic E-state index is 5.75. The van der Waals surface area contributed by atoms with Crippen LogP contribution >= 0.6 is 0 Å². The molecular weight excluding hydrogens is 234 g/mol. The van der Waals surface area contributed by atoms with E-state index in [9.17, 15) is 0 Å². The quantitative estimate of drug-likeness (QED) is 0.728. The first-order valence-corrected chi connectivity index (χ1v) is 7.32. The second-order valence-corrected chi connectivity index (χ2v) is 4.88. The summed E-state index contributed by atoms with van der Waals surface area (Å²) >= 11 is 0. The van der Waals surface area contributed by atoms with Gasteiger partial charge in [0.15, 0.2) is 0 Å². The van der Waals surface area contributed by atoms with E-state index < -0.39 is 0 Å². The number of ether oxygens (including phenoxy) is 1. The van der Waals surface area contributed by atoms with Gasteiger partial charge in [0, 0.05) is 12.6 Å². The predicted octanol–water partition coefficient (Wildman–Crippen LogP) is 3.88. The highest BCUT2D eigenvalue weighted by molar-refractivity contribution is 5.48. The molecule has 0 aliphatic rings. The SMILES string of the molecule is CCC(CC)NCC(C)OCC=Cc1ccccc1. The third kappa shape index (κ3) is 7.14. The van der Waals surface area contributed by atoms with Crippen molar-refractivity contribution >= 4 is 6.08 Å². The summed E-state index contributed by atoms with van der Waals surface area (Å²) in [5.41, 5.74) is 1.22. The highest BCUT2D eigenvalue weighted by Gasteiger charge is 2.05. The summed E-state index contributed by atoms with van der Waals surface area (Å²) in [4.78, 5) is 0. The Kier molecular flexibility index (Phi) is 8.19. The molecule has 0 aliphatic heterocycles. The van der Waals surface area contributed by atoms with Crippen molar-refractivity contribution in [3.63, 3.8) is 0 Å². The van der Waals surface area contributed by atoms with E-state index in [2.05, 4.69) is 50.4 Å². The summed E-state index contributed by atoms with van der Waals surface area (Å²) in [5, 5.41) is 3.53. The molecule has 0 spiro atoms. The van der Waals surface area contributed by atoms with Gasteiger partial charge in [0.1, 0.15) is 0 Å². The van der Waals surface area contributed by atoms with Gasteiger partial charge in [0.25, 0.3) is 0 Å². The lowest BCUT2D eigenvalue weighted by atomic mass is 10.1. The van der Waals surface area contributed by atoms with Crippen LogP contribution in [0.15, 0.2) is 36.4 Å². The van der Waals surface area contributed by atoms with Gasteiger partial charge < -0.3 is 10.1 Å². The third-order valence-electron chi connectivity index (χ3n) is 3.27. The van der Waals surface area contributed by atoms with Crippen molar-refractivity contribution in [1.29, 1.82) is 0 Å². The number of rotatable bonds is 9. The molecule has 0 heterocycles. The van der Waals surface area contributed by atoms with Crippen LogP contribution in [0.2, 0.25) is 0 Å². The molecule has 2 heteroatoms. The fraction of sp³-hybridized carbons (Fsp3) is 0.529. The average Bonchev–Trinajstić information content (AvgIpc) is 2.46. The maximum Gasteiger partial charge on any atom is 0.0675 e. The van der Waals surface area contributed by atoms with Gasteiger partial charge in [-0.3, -0.25) is 0 Å². The van der Waals surface area contributed by atoms with E-state index in [0.29, 0.717) is 12.6 Å². The van der Waals surface area contributed by atoms with Gasteiger partial charge >= 0.3 is 0 Å². The topological polar surface area (TPSA) is 21.3 Å². The molecular formula is C17H27NO. The molecule has 1 rings (SSSR count). The first kappa shape index (κ1) is 15.9. The van der Waals surface area contributed by atoms with Crippen molar-refractivity contribution in [2.45, 2.75) is 45.8 Å². The summed E-state index contributed by atoms with van der Waals surface area (Å²) in [7, 11) is 0. The third-order valence-corrected chi connectivity index (χ3v) is 3.27. The Balaban J connectivity index is 2.16. The zero-order chi connectivity index (χ0) is 13.9. The van der Waals surface area contributed by atoms with Crippen LogP contribution in [0.3, 0.4) is 0 Å². The standard InChI is InChI=1S/C17H27NO/c1-4-17(5-2)18-14-15(3)19-13-9-12-16-10-7-6-8-11-16/h6-12,15,17-18H,4-5,13-14H2,1-3H3. The normalized spacial score (nSPS) is 13.3. The molecule has 106 valence electrons. The van der Waals surface area contributed by atoms with Crippen molar-refractivity contribution in [3.05, 3.63) is 42.0 Å². The van der Waals surface area contributed by atoms with Gasteiger partial charge in [-0.25, -0.2) is 0 Å². The first-order valence-electron chi connectivity index (χ1n) is 7.32. The van der Waals surface area contributed by atoms with Crippen LogP contribution in [0.25, 0.3) is 6.08 Å². The molecule has 0 aliphatic carbocycles. The largest absolute Gasteiger partial charge is 0.373 e.